The molecule has 0 saturated heterocycles. The van der Waals surface area contributed by atoms with Crippen LogP contribution in [0.2, 0.25) is 0 Å². The van der Waals surface area contributed by atoms with Crippen LogP contribution in [0.25, 0.3) is 0 Å². The van der Waals surface area contributed by atoms with Crippen molar-refractivity contribution < 1.29 is 0 Å². The van der Waals surface area contributed by atoms with Crippen LogP contribution in [0.3, 0.4) is 0 Å². The third-order valence-electron chi connectivity index (χ3n) is 4.03. The van der Waals surface area contributed by atoms with E-state index in [1.807, 2.05) is 0 Å². The predicted molar refractivity (Wildman–Crippen MR) is 64.1 cm³/mol. The Balaban J connectivity index is 2.54. The maximum atomic E-state index is 3.08. The molecule has 5 atom stereocenters. The van der Waals surface area contributed by atoms with Gasteiger partial charge in [0, 0.05) is 0 Å². The highest BCUT2D eigenvalue weighted by atomic mass is 31.0. The van der Waals surface area contributed by atoms with E-state index in [-0.39, 0.29) is 0 Å². The van der Waals surface area contributed by atoms with Crippen molar-refractivity contribution in [3.05, 3.63) is 0 Å². The molecule has 1 fully saturated rings. The largest absolute Gasteiger partial charge is 0.134 e. The summed E-state index contributed by atoms with van der Waals surface area (Å²) < 4.78 is 0. The Bertz CT molecular complexity index is 144. The van der Waals surface area contributed by atoms with Gasteiger partial charge in [-0.1, -0.05) is 40.0 Å². The Labute approximate surface area is 86.1 Å². The highest BCUT2D eigenvalue weighted by Crippen LogP contribution is 2.41. The van der Waals surface area contributed by atoms with Crippen LogP contribution < -0.4 is 0 Å². The smallest absolute Gasteiger partial charge is 0.0233 e. The van der Waals surface area contributed by atoms with Gasteiger partial charge >= 0.3 is 0 Å². The Kier molecular flexibility index (Phi) is 4.73. The first-order valence-electron chi connectivity index (χ1n) is 5.98. The van der Waals surface area contributed by atoms with Crippen LogP contribution in [0.15, 0.2) is 0 Å². The summed E-state index contributed by atoms with van der Waals surface area (Å²) in [6, 6.07) is 0. The topological polar surface area (TPSA) is 0 Å². The van der Waals surface area contributed by atoms with Crippen LogP contribution in [-0.4, -0.2) is 5.66 Å². The molecule has 0 radical (unpaired) electrons. The van der Waals surface area contributed by atoms with E-state index in [4.69, 9.17) is 0 Å². The minimum atomic E-state index is 0.901. The SMILES string of the molecule is CCC1C[C@H](CC)C(CC)CC1P. The maximum absolute atomic E-state index is 3.08. The Morgan fingerprint density at radius 1 is 0.846 bits per heavy atom. The molecule has 0 aromatic heterocycles. The third-order valence-corrected chi connectivity index (χ3v) is 4.84. The van der Waals surface area contributed by atoms with E-state index in [1.54, 1.807) is 0 Å². The standard InChI is InChI=1S/C12H25P/c1-4-9-7-11(6-3)12(13)8-10(9)5-2/h9-12H,4-8,13H2,1-3H3/t9-,10?,11?,12?/m0/s1. The highest BCUT2D eigenvalue weighted by Gasteiger charge is 2.31. The molecule has 1 aliphatic carbocycles. The minimum Gasteiger partial charge on any atom is -0.134 e. The molecule has 0 nitrogen and oxygen atoms in total. The van der Waals surface area contributed by atoms with E-state index < -0.39 is 0 Å². The van der Waals surface area contributed by atoms with Crippen LogP contribution in [-0.2, 0) is 0 Å². The van der Waals surface area contributed by atoms with Crippen molar-refractivity contribution in [2.75, 3.05) is 0 Å². The summed E-state index contributed by atoms with van der Waals surface area (Å²) in [5.74, 6) is 3.01. The van der Waals surface area contributed by atoms with Gasteiger partial charge in [-0.25, -0.2) is 0 Å². The van der Waals surface area contributed by atoms with E-state index in [1.165, 1.54) is 32.1 Å². The van der Waals surface area contributed by atoms with E-state index in [2.05, 4.69) is 30.0 Å². The Morgan fingerprint density at radius 2 is 1.31 bits per heavy atom. The summed E-state index contributed by atoms with van der Waals surface area (Å²) in [6.45, 7) is 7.07. The molecule has 0 aromatic rings. The van der Waals surface area contributed by atoms with E-state index in [0.717, 1.165) is 23.4 Å². The van der Waals surface area contributed by atoms with Gasteiger partial charge in [-0.05, 0) is 36.3 Å². The molecule has 1 rings (SSSR count). The van der Waals surface area contributed by atoms with Crippen molar-refractivity contribution in [1.82, 2.24) is 0 Å². The van der Waals surface area contributed by atoms with Gasteiger partial charge in [0.1, 0.15) is 0 Å². The van der Waals surface area contributed by atoms with Crippen molar-refractivity contribution >= 4 is 9.24 Å². The molecule has 1 saturated carbocycles. The molecule has 0 heterocycles. The monoisotopic (exact) mass is 200 g/mol. The second kappa shape index (κ2) is 5.35. The van der Waals surface area contributed by atoms with Gasteiger partial charge < -0.3 is 0 Å². The predicted octanol–water partition coefficient (Wildman–Crippen LogP) is 4.10. The van der Waals surface area contributed by atoms with Crippen LogP contribution in [0.1, 0.15) is 52.9 Å². The lowest BCUT2D eigenvalue weighted by molar-refractivity contribution is 0.173. The molecule has 0 bridgehead atoms. The molecule has 4 unspecified atom stereocenters. The quantitative estimate of drug-likeness (QED) is 0.602. The second-order valence-electron chi connectivity index (χ2n) is 4.64. The molecule has 0 aliphatic heterocycles. The van der Waals surface area contributed by atoms with Gasteiger partial charge in [-0.2, -0.15) is 0 Å². The fourth-order valence-corrected chi connectivity index (χ4v) is 3.74. The van der Waals surface area contributed by atoms with Crippen molar-refractivity contribution in [2.24, 2.45) is 17.8 Å². The molecule has 78 valence electrons. The number of hydrogen-bond donors (Lipinski definition) is 0. The molecular weight excluding hydrogens is 175 g/mol. The first kappa shape index (κ1) is 11.5. The normalized spacial score (nSPS) is 40.6. The summed E-state index contributed by atoms with van der Waals surface area (Å²) in [4.78, 5) is 0. The zero-order valence-electron chi connectivity index (χ0n) is 9.42. The van der Waals surface area contributed by atoms with Crippen LogP contribution in [0.4, 0.5) is 0 Å². The fraction of sp³-hybridized carbons (Fsp3) is 1.00. The second-order valence-corrected chi connectivity index (χ2v) is 5.50. The molecule has 13 heavy (non-hydrogen) atoms. The molecule has 1 aliphatic rings. The molecule has 0 spiro atoms. The summed E-state index contributed by atoms with van der Waals surface area (Å²) >= 11 is 0. The lowest BCUT2D eigenvalue weighted by Gasteiger charge is -2.39. The zero-order valence-corrected chi connectivity index (χ0v) is 10.6. The summed E-state index contributed by atoms with van der Waals surface area (Å²) in [5.41, 5.74) is 0.901. The molecular formula is C12H25P. The zero-order chi connectivity index (χ0) is 9.84. The summed E-state index contributed by atoms with van der Waals surface area (Å²) in [6.07, 6.45) is 7.10. The summed E-state index contributed by atoms with van der Waals surface area (Å²) in [5, 5.41) is 0. The third kappa shape index (κ3) is 2.69. The van der Waals surface area contributed by atoms with Gasteiger partial charge in [-0.3, -0.25) is 0 Å². The Morgan fingerprint density at radius 3 is 1.77 bits per heavy atom. The van der Waals surface area contributed by atoms with E-state index >= 15 is 0 Å². The van der Waals surface area contributed by atoms with Gasteiger partial charge in [-0.15, -0.1) is 9.24 Å². The van der Waals surface area contributed by atoms with Crippen molar-refractivity contribution in [2.45, 2.75) is 58.5 Å². The molecule has 1 heteroatoms. The van der Waals surface area contributed by atoms with Crippen molar-refractivity contribution in [3.63, 3.8) is 0 Å². The summed E-state index contributed by atoms with van der Waals surface area (Å²) in [7, 11) is 3.08. The van der Waals surface area contributed by atoms with Gasteiger partial charge in [0.25, 0.3) is 0 Å². The molecule has 0 amide bonds. The average molecular weight is 200 g/mol. The number of rotatable bonds is 3. The van der Waals surface area contributed by atoms with Gasteiger partial charge in [0.15, 0.2) is 0 Å². The Hall–Kier alpha value is 0.430. The fourth-order valence-electron chi connectivity index (χ4n) is 2.96. The van der Waals surface area contributed by atoms with Crippen molar-refractivity contribution in [1.29, 1.82) is 0 Å². The van der Waals surface area contributed by atoms with Crippen LogP contribution in [0.5, 0.6) is 0 Å². The van der Waals surface area contributed by atoms with E-state index in [0.29, 0.717) is 0 Å². The average Bonchev–Trinajstić information content (AvgIpc) is 2.17. The van der Waals surface area contributed by atoms with Gasteiger partial charge in [0.2, 0.25) is 0 Å². The highest BCUT2D eigenvalue weighted by molar-refractivity contribution is 7.17. The van der Waals surface area contributed by atoms with Gasteiger partial charge in [0.05, 0.1) is 0 Å². The van der Waals surface area contributed by atoms with Crippen LogP contribution >= 0.6 is 9.24 Å². The minimum absolute atomic E-state index is 0.901. The van der Waals surface area contributed by atoms with Crippen molar-refractivity contribution in [3.8, 4) is 0 Å². The van der Waals surface area contributed by atoms with Crippen LogP contribution in [0, 0.1) is 17.8 Å². The first-order valence-corrected chi connectivity index (χ1v) is 6.65. The lowest BCUT2D eigenvalue weighted by Crippen LogP contribution is -2.31. The number of hydrogen-bond acceptors (Lipinski definition) is 0. The lowest BCUT2D eigenvalue weighted by atomic mass is 9.71. The van der Waals surface area contributed by atoms with E-state index in [9.17, 15) is 0 Å². The molecule has 0 N–H and O–H groups in total. The molecule has 0 aromatic carbocycles. The first-order chi connectivity index (χ1) is 6.22. The maximum Gasteiger partial charge on any atom is -0.0233 e.